The maximum absolute atomic E-state index is 12.0. The summed E-state index contributed by atoms with van der Waals surface area (Å²) in [6.45, 7) is 2.57. The summed E-state index contributed by atoms with van der Waals surface area (Å²) in [5.74, 6) is 0.653. The van der Waals surface area contributed by atoms with E-state index in [-0.39, 0.29) is 5.91 Å². The molecule has 1 saturated heterocycles. The highest BCUT2D eigenvalue weighted by Crippen LogP contribution is 2.28. The summed E-state index contributed by atoms with van der Waals surface area (Å²) in [5.41, 5.74) is 1.64. The lowest BCUT2D eigenvalue weighted by Crippen LogP contribution is -2.19. The topological polar surface area (TPSA) is 63.6 Å². The Morgan fingerprint density at radius 3 is 2.83 bits per heavy atom. The molecule has 1 fully saturated rings. The fourth-order valence-electron chi connectivity index (χ4n) is 1.99. The molecule has 0 aliphatic carbocycles. The number of hydrogen-bond acceptors (Lipinski definition) is 5. The minimum atomic E-state index is -0.150. The van der Waals surface area contributed by atoms with Crippen molar-refractivity contribution in [1.82, 2.24) is 10.3 Å². The Morgan fingerprint density at radius 2 is 2.13 bits per heavy atom. The third-order valence-electron chi connectivity index (χ3n) is 3.01. The van der Waals surface area contributed by atoms with Gasteiger partial charge in [0.05, 0.1) is 17.2 Å². The average Bonchev–Trinajstić information content (AvgIpc) is 2.90. The molecule has 1 aliphatic heterocycles. The van der Waals surface area contributed by atoms with Crippen molar-refractivity contribution < 1.29 is 9.53 Å². The average molecular weight is 325 g/mol. The van der Waals surface area contributed by atoms with E-state index >= 15 is 0 Å². The second kappa shape index (κ2) is 7.11. The minimum Gasteiger partial charge on any atom is -0.494 e. The van der Waals surface area contributed by atoms with E-state index in [9.17, 15) is 4.79 Å². The molecule has 3 rings (SSSR count). The van der Waals surface area contributed by atoms with E-state index in [1.54, 1.807) is 18.5 Å². The third kappa shape index (κ3) is 3.98. The van der Waals surface area contributed by atoms with E-state index in [4.69, 9.17) is 4.74 Å². The van der Waals surface area contributed by atoms with Crippen molar-refractivity contribution in [2.75, 3.05) is 6.61 Å². The molecule has 1 aliphatic rings. The van der Waals surface area contributed by atoms with Crippen molar-refractivity contribution in [1.29, 1.82) is 0 Å². The maximum Gasteiger partial charge on any atom is 0.264 e. The van der Waals surface area contributed by atoms with Crippen LogP contribution in [0.5, 0.6) is 5.75 Å². The zero-order chi connectivity index (χ0) is 16.1. The van der Waals surface area contributed by atoms with Gasteiger partial charge in [0.25, 0.3) is 5.91 Å². The number of pyridine rings is 1. The summed E-state index contributed by atoms with van der Waals surface area (Å²) in [7, 11) is 0. The number of hydrogen-bond donors (Lipinski definition) is 1. The molecule has 116 valence electrons. The van der Waals surface area contributed by atoms with Gasteiger partial charge in [0.15, 0.2) is 5.17 Å². The summed E-state index contributed by atoms with van der Waals surface area (Å²) < 4.78 is 5.39. The van der Waals surface area contributed by atoms with Gasteiger partial charge in [-0.25, -0.2) is 4.99 Å². The molecule has 0 bridgehead atoms. The second-order valence-corrected chi connectivity index (χ2v) is 5.73. The largest absolute Gasteiger partial charge is 0.494 e. The summed E-state index contributed by atoms with van der Waals surface area (Å²) in [6, 6.07) is 11.2. The van der Waals surface area contributed by atoms with Gasteiger partial charge in [-0.2, -0.15) is 0 Å². The van der Waals surface area contributed by atoms with Crippen LogP contribution in [0.25, 0.3) is 6.08 Å². The Hall–Kier alpha value is -2.60. The highest BCUT2D eigenvalue weighted by molar-refractivity contribution is 8.18. The van der Waals surface area contributed by atoms with Crippen LogP contribution < -0.4 is 10.1 Å². The van der Waals surface area contributed by atoms with E-state index in [0.717, 1.165) is 17.0 Å². The number of benzene rings is 1. The second-order valence-electron chi connectivity index (χ2n) is 4.70. The van der Waals surface area contributed by atoms with Crippen molar-refractivity contribution in [3.63, 3.8) is 0 Å². The van der Waals surface area contributed by atoms with Crippen molar-refractivity contribution >= 4 is 34.6 Å². The number of thioether (sulfide) groups is 1. The molecule has 23 heavy (non-hydrogen) atoms. The molecule has 6 heteroatoms. The SMILES string of the molecule is CCOc1ccc(N=C2NC(=O)/C(=C/c3cccnc3)S2)cc1. The third-order valence-corrected chi connectivity index (χ3v) is 3.92. The Labute approximate surface area is 138 Å². The van der Waals surface area contributed by atoms with Gasteiger partial charge in [-0.3, -0.25) is 9.78 Å². The Kier molecular flexibility index (Phi) is 4.73. The molecular formula is C17H15N3O2S. The van der Waals surface area contributed by atoms with Crippen LogP contribution in [0, 0.1) is 0 Å². The Balaban J connectivity index is 1.75. The lowest BCUT2D eigenvalue weighted by molar-refractivity contribution is -0.115. The van der Waals surface area contributed by atoms with Crippen LogP contribution in [0.2, 0.25) is 0 Å². The smallest absolute Gasteiger partial charge is 0.264 e. The van der Waals surface area contributed by atoms with Crippen LogP contribution >= 0.6 is 11.8 Å². The van der Waals surface area contributed by atoms with Gasteiger partial charge in [0.2, 0.25) is 0 Å². The van der Waals surface area contributed by atoms with Crippen LogP contribution in [0.4, 0.5) is 5.69 Å². The number of carbonyl (C=O) groups is 1. The van der Waals surface area contributed by atoms with Crippen LogP contribution in [0.15, 0.2) is 58.7 Å². The molecular weight excluding hydrogens is 310 g/mol. The number of amides is 1. The first kappa shape index (κ1) is 15.3. The van der Waals surface area contributed by atoms with Gasteiger partial charge < -0.3 is 10.1 Å². The molecule has 0 unspecified atom stereocenters. The van der Waals surface area contributed by atoms with Crippen LogP contribution in [0.1, 0.15) is 12.5 Å². The number of aliphatic imine (C=N–C) groups is 1. The number of nitrogens with zero attached hydrogens (tertiary/aromatic N) is 2. The predicted octanol–water partition coefficient (Wildman–Crippen LogP) is 3.37. The number of aromatic nitrogens is 1. The number of ether oxygens (including phenoxy) is 1. The van der Waals surface area contributed by atoms with E-state index in [0.29, 0.717) is 16.7 Å². The first-order chi connectivity index (χ1) is 11.2. The summed E-state index contributed by atoms with van der Waals surface area (Å²) in [6.07, 6.45) is 5.21. The predicted molar refractivity (Wildman–Crippen MR) is 92.7 cm³/mol. The summed E-state index contributed by atoms with van der Waals surface area (Å²) in [5, 5.41) is 3.33. The standard InChI is InChI=1S/C17H15N3O2S/c1-2-22-14-7-5-13(6-8-14)19-17-20-16(21)15(23-17)10-12-4-3-9-18-11-12/h3-11H,2H2,1H3,(H,19,20,21)/b15-10-. The van der Waals surface area contributed by atoms with Gasteiger partial charge >= 0.3 is 0 Å². The van der Waals surface area contributed by atoms with Crippen molar-refractivity contribution in [3.05, 3.63) is 59.3 Å². The fraction of sp³-hybridized carbons (Fsp3) is 0.118. The lowest BCUT2D eigenvalue weighted by atomic mass is 10.2. The van der Waals surface area contributed by atoms with Crippen LogP contribution in [0.3, 0.4) is 0 Å². The number of carbonyl (C=O) groups excluding carboxylic acids is 1. The van der Waals surface area contributed by atoms with E-state index in [1.807, 2.05) is 43.3 Å². The lowest BCUT2D eigenvalue weighted by Gasteiger charge is -2.02. The molecule has 0 atom stereocenters. The summed E-state index contributed by atoms with van der Waals surface area (Å²) in [4.78, 5) is 21.1. The normalized spacial score (nSPS) is 17.5. The van der Waals surface area contributed by atoms with Gasteiger partial charge in [0, 0.05) is 12.4 Å². The molecule has 2 heterocycles. The number of rotatable bonds is 4. The van der Waals surface area contributed by atoms with Crippen molar-refractivity contribution in [2.45, 2.75) is 6.92 Å². The highest BCUT2D eigenvalue weighted by Gasteiger charge is 2.23. The Bertz CT molecular complexity index is 755. The molecule has 0 radical (unpaired) electrons. The molecule has 5 nitrogen and oxygen atoms in total. The molecule has 1 N–H and O–H groups in total. The van der Waals surface area contributed by atoms with Crippen LogP contribution in [-0.2, 0) is 4.79 Å². The van der Waals surface area contributed by atoms with E-state index in [2.05, 4.69) is 15.3 Å². The zero-order valence-electron chi connectivity index (χ0n) is 12.5. The molecule has 0 spiro atoms. The highest BCUT2D eigenvalue weighted by atomic mass is 32.2. The Morgan fingerprint density at radius 1 is 1.30 bits per heavy atom. The van der Waals surface area contributed by atoms with Crippen molar-refractivity contribution in [3.8, 4) is 5.75 Å². The zero-order valence-corrected chi connectivity index (χ0v) is 13.3. The minimum absolute atomic E-state index is 0.150. The summed E-state index contributed by atoms with van der Waals surface area (Å²) >= 11 is 1.31. The van der Waals surface area contributed by atoms with Gasteiger partial charge in [-0.15, -0.1) is 0 Å². The van der Waals surface area contributed by atoms with Gasteiger partial charge in [-0.1, -0.05) is 6.07 Å². The van der Waals surface area contributed by atoms with Gasteiger partial charge in [-0.05, 0) is 60.7 Å². The molecule has 0 saturated carbocycles. The quantitative estimate of drug-likeness (QED) is 0.875. The molecule has 2 aromatic rings. The maximum atomic E-state index is 12.0. The van der Waals surface area contributed by atoms with Crippen LogP contribution in [-0.4, -0.2) is 22.7 Å². The fourth-order valence-corrected chi connectivity index (χ4v) is 2.84. The van der Waals surface area contributed by atoms with E-state index in [1.165, 1.54) is 11.8 Å². The first-order valence-electron chi connectivity index (χ1n) is 7.17. The molecule has 1 aromatic carbocycles. The van der Waals surface area contributed by atoms with E-state index < -0.39 is 0 Å². The van der Waals surface area contributed by atoms with Crippen molar-refractivity contribution in [2.24, 2.45) is 4.99 Å². The van der Waals surface area contributed by atoms with Gasteiger partial charge in [0.1, 0.15) is 5.75 Å². The first-order valence-corrected chi connectivity index (χ1v) is 7.99. The monoisotopic (exact) mass is 325 g/mol. The molecule has 1 aromatic heterocycles. The number of nitrogens with one attached hydrogen (secondary N) is 1. The molecule has 1 amide bonds. The number of amidine groups is 1.